The molecular formula is C20H19N3OS. The predicted molar refractivity (Wildman–Crippen MR) is 101 cm³/mol. The van der Waals surface area contributed by atoms with Crippen LogP contribution < -0.4 is 5.32 Å². The van der Waals surface area contributed by atoms with E-state index in [4.69, 9.17) is 0 Å². The lowest BCUT2D eigenvalue weighted by molar-refractivity contribution is -0.115. The summed E-state index contributed by atoms with van der Waals surface area (Å²) in [5.41, 5.74) is 3.30. The van der Waals surface area contributed by atoms with Crippen molar-refractivity contribution in [3.8, 4) is 0 Å². The Balaban J connectivity index is 1.49. The second kappa shape index (κ2) is 6.76. The van der Waals surface area contributed by atoms with Crippen molar-refractivity contribution in [3.63, 3.8) is 0 Å². The number of aromatic nitrogens is 2. The van der Waals surface area contributed by atoms with E-state index in [2.05, 4.69) is 34.7 Å². The number of benzene rings is 2. The molecule has 1 aliphatic rings. The Morgan fingerprint density at radius 2 is 1.96 bits per heavy atom. The lowest BCUT2D eigenvalue weighted by Crippen LogP contribution is -2.26. The van der Waals surface area contributed by atoms with Gasteiger partial charge in [0.1, 0.15) is 5.82 Å². The van der Waals surface area contributed by atoms with E-state index in [9.17, 15) is 4.79 Å². The molecule has 1 aromatic heterocycles. The fourth-order valence-electron chi connectivity index (χ4n) is 3.06. The van der Waals surface area contributed by atoms with E-state index in [0.717, 1.165) is 23.5 Å². The summed E-state index contributed by atoms with van der Waals surface area (Å²) < 4.78 is 1.86. The van der Waals surface area contributed by atoms with Crippen molar-refractivity contribution in [1.82, 2.24) is 9.78 Å². The minimum Gasteiger partial charge on any atom is -0.310 e. The number of fused-ring (bicyclic) bond motifs is 1. The van der Waals surface area contributed by atoms with Crippen molar-refractivity contribution in [2.45, 2.75) is 30.0 Å². The molecule has 0 aliphatic carbocycles. The van der Waals surface area contributed by atoms with Gasteiger partial charge in [0.25, 0.3) is 0 Å². The Morgan fingerprint density at radius 3 is 2.76 bits per heavy atom. The predicted octanol–water partition coefficient (Wildman–Crippen LogP) is 3.90. The second-order valence-corrected chi connectivity index (χ2v) is 7.47. The van der Waals surface area contributed by atoms with Crippen molar-refractivity contribution in [2.24, 2.45) is 0 Å². The number of anilines is 1. The molecule has 2 heterocycles. The van der Waals surface area contributed by atoms with E-state index < -0.39 is 0 Å². The number of carbonyl (C=O) groups is 1. The van der Waals surface area contributed by atoms with Crippen molar-refractivity contribution in [1.29, 1.82) is 0 Å². The summed E-state index contributed by atoms with van der Waals surface area (Å²) in [6, 6.07) is 20.3. The molecule has 5 heteroatoms. The zero-order valence-electron chi connectivity index (χ0n) is 14.0. The highest BCUT2D eigenvalue weighted by Crippen LogP contribution is 2.37. The maximum atomic E-state index is 12.7. The number of thioether (sulfide) groups is 1. The molecule has 1 atom stereocenters. The summed E-state index contributed by atoms with van der Waals surface area (Å²) >= 11 is 1.64. The smallest absolute Gasteiger partial charge is 0.239 e. The van der Waals surface area contributed by atoms with Gasteiger partial charge in [0, 0.05) is 11.0 Å². The van der Waals surface area contributed by atoms with Crippen molar-refractivity contribution in [2.75, 3.05) is 5.32 Å². The van der Waals surface area contributed by atoms with Crippen LogP contribution in [0.15, 0.2) is 65.6 Å². The van der Waals surface area contributed by atoms with Crippen LogP contribution in [0.4, 0.5) is 5.82 Å². The number of nitrogens with one attached hydrogen (secondary N) is 1. The zero-order chi connectivity index (χ0) is 17.2. The van der Waals surface area contributed by atoms with E-state index in [1.807, 2.05) is 48.0 Å². The lowest BCUT2D eigenvalue weighted by atomic mass is 10.1. The van der Waals surface area contributed by atoms with E-state index in [0.29, 0.717) is 6.54 Å². The summed E-state index contributed by atoms with van der Waals surface area (Å²) in [4.78, 5) is 13.9. The van der Waals surface area contributed by atoms with Gasteiger partial charge in [-0.3, -0.25) is 4.79 Å². The number of rotatable bonds is 4. The summed E-state index contributed by atoms with van der Waals surface area (Å²) in [5, 5.41) is 7.50. The largest absolute Gasteiger partial charge is 0.310 e. The third-order valence-corrected chi connectivity index (χ3v) is 5.59. The summed E-state index contributed by atoms with van der Waals surface area (Å²) in [7, 11) is 0. The first-order valence-electron chi connectivity index (χ1n) is 8.33. The first kappa shape index (κ1) is 16.0. The Morgan fingerprint density at radius 1 is 1.20 bits per heavy atom. The van der Waals surface area contributed by atoms with Gasteiger partial charge in [-0.15, -0.1) is 11.8 Å². The molecule has 0 fully saturated rings. The monoisotopic (exact) mass is 349 g/mol. The molecule has 1 N–H and O–H groups in total. The molecule has 0 bridgehead atoms. The lowest BCUT2D eigenvalue weighted by Gasteiger charge is -2.12. The standard InChI is InChI=1S/C20H19N3OS/c1-14-11-19(23(22-14)13-15-7-3-2-4-8-15)21-20(24)18-12-16-9-5-6-10-17(16)25-18/h2-11,18H,12-13H2,1H3,(H,21,24)/t18-/m1/s1. The van der Waals surface area contributed by atoms with Crippen molar-refractivity contribution < 1.29 is 4.79 Å². The zero-order valence-corrected chi connectivity index (χ0v) is 14.8. The molecule has 3 aromatic rings. The Labute approximate surface area is 151 Å². The number of hydrogen-bond acceptors (Lipinski definition) is 3. The van der Waals surface area contributed by atoms with Gasteiger partial charge in [-0.2, -0.15) is 5.10 Å². The molecule has 0 saturated heterocycles. The van der Waals surface area contributed by atoms with Crippen molar-refractivity contribution >= 4 is 23.5 Å². The van der Waals surface area contributed by atoms with Gasteiger partial charge in [-0.05, 0) is 30.5 Å². The molecule has 4 nitrogen and oxygen atoms in total. The van der Waals surface area contributed by atoms with E-state index in [-0.39, 0.29) is 11.2 Å². The van der Waals surface area contributed by atoms with Crippen LogP contribution >= 0.6 is 11.8 Å². The van der Waals surface area contributed by atoms with Gasteiger partial charge in [-0.25, -0.2) is 4.68 Å². The molecule has 126 valence electrons. The molecular weight excluding hydrogens is 330 g/mol. The van der Waals surface area contributed by atoms with Crippen LogP contribution in [0, 0.1) is 6.92 Å². The van der Waals surface area contributed by atoms with Gasteiger partial charge in [-0.1, -0.05) is 48.5 Å². The van der Waals surface area contributed by atoms with Crippen molar-refractivity contribution in [3.05, 3.63) is 77.5 Å². The SMILES string of the molecule is Cc1cc(NC(=O)[C@H]2Cc3ccccc3S2)n(Cc2ccccc2)n1. The summed E-state index contributed by atoms with van der Waals surface area (Å²) in [6.07, 6.45) is 0.776. The highest BCUT2D eigenvalue weighted by molar-refractivity contribution is 8.01. The van der Waals surface area contributed by atoms with Crippen LogP contribution in [0.25, 0.3) is 0 Å². The molecule has 4 rings (SSSR count). The molecule has 0 unspecified atom stereocenters. The third-order valence-electron chi connectivity index (χ3n) is 4.27. The second-order valence-electron chi connectivity index (χ2n) is 6.22. The highest BCUT2D eigenvalue weighted by atomic mass is 32.2. The number of amides is 1. The van der Waals surface area contributed by atoms with Crippen LogP contribution in [0.2, 0.25) is 0 Å². The van der Waals surface area contributed by atoms with Crippen LogP contribution in [0.3, 0.4) is 0 Å². The number of aryl methyl sites for hydroxylation is 1. The normalized spacial score (nSPS) is 15.8. The summed E-state index contributed by atoms with van der Waals surface area (Å²) in [6.45, 7) is 2.58. The molecule has 0 saturated carbocycles. The molecule has 2 aromatic carbocycles. The maximum Gasteiger partial charge on any atom is 0.239 e. The number of carbonyl (C=O) groups excluding carboxylic acids is 1. The summed E-state index contributed by atoms with van der Waals surface area (Å²) in [5.74, 6) is 0.790. The van der Waals surface area contributed by atoms with E-state index in [1.54, 1.807) is 11.8 Å². The van der Waals surface area contributed by atoms with E-state index in [1.165, 1.54) is 10.5 Å². The van der Waals surface area contributed by atoms with Crippen LogP contribution in [-0.2, 0) is 17.8 Å². The fourth-order valence-corrected chi connectivity index (χ4v) is 4.25. The average molecular weight is 349 g/mol. The Kier molecular flexibility index (Phi) is 4.32. The van der Waals surface area contributed by atoms with Gasteiger partial charge in [0.15, 0.2) is 0 Å². The maximum absolute atomic E-state index is 12.7. The van der Waals surface area contributed by atoms with E-state index >= 15 is 0 Å². The molecule has 25 heavy (non-hydrogen) atoms. The molecule has 0 radical (unpaired) electrons. The first-order valence-corrected chi connectivity index (χ1v) is 9.21. The first-order chi connectivity index (χ1) is 12.2. The van der Waals surface area contributed by atoms with Crippen LogP contribution in [0.1, 0.15) is 16.8 Å². The minimum absolute atomic E-state index is 0.0374. The van der Waals surface area contributed by atoms with Gasteiger partial charge in [0.05, 0.1) is 17.5 Å². The third kappa shape index (κ3) is 3.46. The van der Waals surface area contributed by atoms with Gasteiger partial charge in [0.2, 0.25) is 5.91 Å². The number of hydrogen-bond donors (Lipinski definition) is 1. The Hall–Kier alpha value is -2.53. The fraction of sp³-hybridized carbons (Fsp3) is 0.200. The topological polar surface area (TPSA) is 46.9 Å². The average Bonchev–Trinajstić information content (AvgIpc) is 3.19. The quantitative estimate of drug-likeness (QED) is 0.777. The van der Waals surface area contributed by atoms with Crippen LogP contribution in [0.5, 0.6) is 0 Å². The van der Waals surface area contributed by atoms with Gasteiger partial charge < -0.3 is 5.32 Å². The molecule has 0 spiro atoms. The molecule has 1 aliphatic heterocycles. The Bertz CT molecular complexity index is 879. The van der Waals surface area contributed by atoms with Gasteiger partial charge >= 0.3 is 0 Å². The number of nitrogens with zero attached hydrogens (tertiary/aromatic N) is 2. The van der Waals surface area contributed by atoms with Crippen LogP contribution in [-0.4, -0.2) is 20.9 Å². The minimum atomic E-state index is -0.0854. The highest BCUT2D eigenvalue weighted by Gasteiger charge is 2.28. The molecule has 1 amide bonds.